The highest BCUT2D eigenvalue weighted by molar-refractivity contribution is 7.99. The number of aryl methyl sites for hydroxylation is 1. The molecule has 0 saturated carbocycles. The predicted molar refractivity (Wildman–Crippen MR) is 64.0 cm³/mol. The zero-order chi connectivity index (χ0) is 9.97. The van der Waals surface area contributed by atoms with E-state index in [9.17, 15) is 0 Å². The first-order valence-electron chi connectivity index (χ1n) is 5.05. The average molecular weight is 228 g/mol. The number of rotatable bonds is 2. The quantitative estimate of drug-likeness (QED) is 0.845. The van der Waals surface area contributed by atoms with E-state index in [0.717, 1.165) is 5.01 Å². The van der Waals surface area contributed by atoms with Crippen molar-refractivity contribution in [3.63, 3.8) is 0 Å². The van der Waals surface area contributed by atoms with Gasteiger partial charge in [-0.05, 0) is 31.3 Å². The van der Waals surface area contributed by atoms with Crippen molar-refractivity contribution in [3.8, 4) is 0 Å². The van der Waals surface area contributed by atoms with E-state index in [-0.39, 0.29) is 0 Å². The van der Waals surface area contributed by atoms with Crippen molar-refractivity contribution in [3.05, 3.63) is 15.6 Å². The van der Waals surface area contributed by atoms with E-state index in [0.29, 0.717) is 12.5 Å². The first-order chi connectivity index (χ1) is 6.81. The van der Waals surface area contributed by atoms with Gasteiger partial charge in [0.15, 0.2) is 0 Å². The Hall–Kier alpha value is -0.0600. The molecule has 0 bridgehead atoms. The molecular weight excluding hydrogens is 212 g/mol. The van der Waals surface area contributed by atoms with Crippen LogP contribution in [0.25, 0.3) is 0 Å². The molecule has 0 aromatic carbocycles. The van der Waals surface area contributed by atoms with Crippen molar-refractivity contribution < 1.29 is 0 Å². The minimum Gasteiger partial charge on any atom is -0.325 e. The van der Waals surface area contributed by atoms with Crippen molar-refractivity contribution in [1.82, 2.24) is 4.98 Å². The summed E-state index contributed by atoms with van der Waals surface area (Å²) in [6.45, 7) is 2.76. The number of hydrogen-bond donors (Lipinski definition) is 1. The Morgan fingerprint density at radius 3 is 2.71 bits per heavy atom. The molecule has 0 aliphatic carbocycles. The molecule has 1 aliphatic rings. The van der Waals surface area contributed by atoms with E-state index in [2.05, 4.69) is 23.7 Å². The van der Waals surface area contributed by atoms with Gasteiger partial charge in [0, 0.05) is 17.3 Å². The molecular formula is C10H16N2S2. The van der Waals surface area contributed by atoms with Gasteiger partial charge >= 0.3 is 0 Å². The molecule has 78 valence electrons. The number of aromatic nitrogens is 1. The Bertz CT molecular complexity index is 303. The molecule has 1 fully saturated rings. The van der Waals surface area contributed by atoms with Gasteiger partial charge in [-0.1, -0.05) is 0 Å². The van der Waals surface area contributed by atoms with E-state index < -0.39 is 0 Å². The lowest BCUT2D eigenvalue weighted by molar-refractivity contribution is 0.617. The van der Waals surface area contributed by atoms with Gasteiger partial charge in [0.25, 0.3) is 0 Å². The minimum absolute atomic E-state index is 0.590. The number of nitrogens with zero attached hydrogens (tertiary/aromatic N) is 1. The van der Waals surface area contributed by atoms with Crippen LogP contribution >= 0.6 is 23.1 Å². The highest BCUT2D eigenvalue weighted by Gasteiger charge is 2.20. The van der Waals surface area contributed by atoms with Gasteiger partial charge in [-0.3, -0.25) is 0 Å². The molecule has 0 spiro atoms. The third-order valence-electron chi connectivity index (χ3n) is 2.66. The summed E-state index contributed by atoms with van der Waals surface area (Å²) in [5.41, 5.74) is 6.93. The van der Waals surface area contributed by atoms with Gasteiger partial charge < -0.3 is 5.73 Å². The second-order valence-corrected chi connectivity index (χ2v) is 6.15. The molecule has 1 aromatic heterocycles. The van der Waals surface area contributed by atoms with Crippen LogP contribution in [0, 0.1) is 6.92 Å². The SMILES string of the molecule is Cc1sc(CN)nc1C1CCSCC1. The summed E-state index contributed by atoms with van der Waals surface area (Å²) < 4.78 is 0. The Morgan fingerprint density at radius 1 is 1.43 bits per heavy atom. The summed E-state index contributed by atoms with van der Waals surface area (Å²) in [6.07, 6.45) is 2.58. The summed E-state index contributed by atoms with van der Waals surface area (Å²) >= 11 is 3.83. The van der Waals surface area contributed by atoms with Crippen molar-refractivity contribution in [2.45, 2.75) is 32.2 Å². The summed E-state index contributed by atoms with van der Waals surface area (Å²) in [7, 11) is 0. The zero-order valence-electron chi connectivity index (χ0n) is 8.45. The molecule has 2 nitrogen and oxygen atoms in total. The number of thiazole rings is 1. The fraction of sp³-hybridized carbons (Fsp3) is 0.700. The topological polar surface area (TPSA) is 38.9 Å². The second-order valence-electron chi connectivity index (χ2n) is 3.64. The number of thioether (sulfide) groups is 1. The summed E-state index contributed by atoms with van der Waals surface area (Å²) in [5.74, 6) is 3.28. The lowest BCUT2D eigenvalue weighted by atomic mass is 9.98. The highest BCUT2D eigenvalue weighted by Crippen LogP contribution is 2.34. The average Bonchev–Trinajstić information content (AvgIpc) is 2.61. The first kappa shape index (κ1) is 10.5. The molecule has 0 amide bonds. The molecule has 2 rings (SSSR count). The van der Waals surface area contributed by atoms with E-state index >= 15 is 0 Å². The van der Waals surface area contributed by atoms with Gasteiger partial charge in [0.05, 0.1) is 5.69 Å². The van der Waals surface area contributed by atoms with Crippen LogP contribution in [0.15, 0.2) is 0 Å². The first-order valence-corrected chi connectivity index (χ1v) is 7.02. The minimum atomic E-state index is 0.590. The van der Waals surface area contributed by atoms with Crippen molar-refractivity contribution in [2.75, 3.05) is 11.5 Å². The smallest absolute Gasteiger partial charge is 0.107 e. The Morgan fingerprint density at radius 2 is 2.14 bits per heavy atom. The maximum Gasteiger partial charge on any atom is 0.107 e. The second kappa shape index (κ2) is 4.64. The van der Waals surface area contributed by atoms with Crippen LogP contribution < -0.4 is 5.73 Å². The normalized spacial score (nSPS) is 18.7. The lowest BCUT2D eigenvalue weighted by Gasteiger charge is -2.20. The summed E-state index contributed by atoms with van der Waals surface area (Å²) in [4.78, 5) is 6.01. The van der Waals surface area contributed by atoms with E-state index in [1.54, 1.807) is 11.3 Å². The molecule has 1 saturated heterocycles. The third kappa shape index (κ3) is 2.12. The molecule has 0 unspecified atom stereocenters. The van der Waals surface area contributed by atoms with Crippen molar-refractivity contribution in [1.29, 1.82) is 0 Å². The van der Waals surface area contributed by atoms with Gasteiger partial charge in [-0.15, -0.1) is 11.3 Å². The Balaban J connectivity index is 2.17. The number of nitrogens with two attached hydrogens (primary N) is 1. The molecule has 1 aliphatic heterocycles. The highest BCUT2D eigenvalue weighted by atomic mass is 32.2. The third-order valence-corrected chi connectivity index (χ3v) is 4.72. The molecule has 0 atom stereocenters. The van der Waals surface area contributed by atoms with Crippen LogP contribution in [-0.4, -0.2) is 16.5 Å². The molecule has 0 radical (unpaired) electrons. The van der Waals surface area contributed by atoms with Crippen LogP contribution in [0.1, 0.15) is 34.3 Å². The standard InChI is InChI=1S/C10H16N2S2/c1-7-10(12-9(6-11)14-7)8-2-4-13-5-3-8/h8H,2-6,11H2,1H3. The van der Waals surface area contributed by atoms with Crippen molar-refractivity contribution >= 4 is 23.1 Å². The van der Waals surface area contributed by atoms with Crippen molar-refractivity contribution in [2.24, 2.45) is 5.73 Å². The molecule has 2 N–H and O–H groups in total. The van der Waals surface area contributed by atoms with E-state index in [1.807, 2.05) is 0 Å². The van der Waals surface area contributed by atoms with E-state index in [1.165, 1.54) is 34.9 Å². The molecule has 2 heterocycles. The van der Waals surface area contributed by atoms with Crippen LogP contribution in [0.2, 0.25) is 0 Å². The van der Waals surface area contributed by atoms with Gasteiger partial charge in [-0.25, -0.2) is 4.98 Å². The predicted octanol–water partition coefficient (Wildman–Crippen LogP) is 2.52. The van der Waals surface area contributed by atoms with Crippen LogP contribution in [-0.2, 0) is 6.54 Å². The summed E-state index contributed by atoms with van der Waals surface area (Å²) in [6, 6.07) is 0. The maximum absolute atomic E-state index is 5.61. The molecule has 14 heavy (non-hydrogen) atoms. The Labute approximate surface area is 93.3 Å². The Kier molecular flexibility index (Phi) is 3.47. The fourth-order valence-electron chi connectivity index (χ4n) is 1.90. The van der Waals surface area contributed by atoms with Gasteiger partial charge in [-0.2, -0.15) is 11.8 Å². The van der Waals surface area contributed by atoms with Crippen LogP contribution in [0.5, 0.6) is 0 Å². The largest absolute Gasteiger partial charge is 0.325 e. The van der Waals surface area contributed by atoms with Gasteiger partial charge in [0.2, 0.25) is 0 Å². The molecule has 4 heteroatoms. The maximum atomic E-state index is 5.61. The van der Waals surface area contributed by atoms with Gasteiger partial charge in [0.1, 0.15) is 5.01 Å². The van der Waals surface area contributed by atoms with Crippen LogP contribution in [0.4, 0.5) is 0 Å². The molecule has 1 aromatic rings. The summed E-state index contributed by atoms with van der Waals surface area (Å²) in [5, 5.41) is 1.09. The zero-order valence-corrected chi connectivity index (χ0v) is 10.1. The fourth-order valence-corrected chi connectivity index (χ4v) is 3.91. The number of hydrogen-bond acceptors (Lipinski definition) is 4. The monoisotopic (exact) mass is 228 g/mol. The van der Waals surface area contributed by atoms with E-state index in [4.69, 9.17) is 5.73 Å². The van der Waals surface area contributed by atoms with Crippen LogP contribution in [0.3, 0.4) is 0 Å². The lowest BCUT2D eigenvalue weighted by Crippen LogP contribution is -2.09.